The van der Waals surface area contributed by atoms with Crippen LogP contribution in [0.15, 0.2) is 78.4 Å². The van der Waals surface area contributed by atoms with Crippen molar-refractivity contribution in [3.05, 3.63) is 95.1 Å². The molecule has 1 fully saturated rings. The van der Waals surface area contributed by atoms with E-state index in [9.17, 15) is 19.8 Å². The van der Waals surface area contributed by atoms with Gasteiger partial charge in [0.1, 0.15) is 11.5 Å². The van der Waals surface area contributed by atoms with E-state index in [1.165, 1.54) is 28.4 Å². The summed E-state index contributed by atoms with van der Waals surface area (Å²) in [4.78, 5) is 32.2. The number of hydrogen-bond acceptors (Lipinski definition) is 6. The van der Waals surface area contributed by atoms with Crippen LogP contribution in [0.5, 0.6) is 5.75 Å². The van der Waals surface area contributed by atoms with Crippen molar-refractivity contribution in [1.82, 2.24) is 4.98 Å². The van der Waals surface area contributed by atoms with E-state index in [1.807, 2.05) is 43.3 Å². The lowest BCUT2D eigenvalue weighted by Crippen LogP contribution is -2.29. The van der Waals surface area contributed by atoms with Crippen LogP contribution in [-0.2, 0) is 9.59 Å². The Kier molecular flexibility index (Phi) is 4.75. The van der Waals surface area contributed by atoms with Gasteiger partial charge in [-0.2, -0.15) is 0 Å². The molecule has 1 aliphatic rings. The Bertz CT molecular complexity index is 1370. The van der Waals surface area contributed by atoms with Crippen molar-refractivity contribution in [2.24, 2.45) is 0 Å². The first kappa shape index (κ1) is 20.0. The molecule has 0 saturated carbocycles. The molecular weight excluding hydrogens is 424 g/mol. The van der Waals surface area contributed by atoms with Crippen LogP contribution in [0, 0.1) is 6.92 Å². The number of ketones is 1. The van der Waals surface area contributed by atoms with Crippen LogP contribution in [-0.4, -0.2) is 26.9 Å². The van der Waals surface area contributed by atoms with Crippen LogP contribution < -0.4 is 4.90 Å². The van der Waals surface area contributed by atoms with Gasteiger partial charge >= 0.3 is 5.91 Å². The molecule has 6 nitrogen and oxygen atoms in total. The van der Waals surface area contributed by atoms with E-state index in [2.05, 4.69) is 4.98 Å². The highest BCUT2D eigenvalue weighted by molar-refractivity contribution is 7.22. The fraction of sp³-hybridized carbons (Fsp3) is 0.0800. The van der Waals surface area contributed by atoms with Crippen LogP contribution >= 0.6 is 11.3 Å². The molecule has 7 heteroatoms. The molecule has 1 aliphatic heterocycles. The summed E-state index contributed by atoms with van der Waals surface area (Å²) in [6.45, 7) is 1.92. The summed E-state index contributed by atoms with van der Waals surface area (Å²) in [5.74, 6) is -1.84. The number of benzene rings is 3. The molecule has 4 aromatic rings. The van der Waals surface area contributed by atoms with Crippen LogP contribution in [0.25, 0.3) is 16.0 Å². The number of amides is 1. The molecular formula is C25H18N2O4S. The molecule has 0 aliphatic carbocycles. The predicted octanol–water partition coefficient (Wildman–Crippen LogP) is 4.94. The topological polar surface area (TPSA) is 90.7 Å². The lowest BCUT2D eigenvalue weighted by atomic mass is 9.95. The number of fused-ring (bicyclic) bond motifs is 1. The van der Waals surface area contributed by atoms with Gasteiger partial charge in [0.05, 0.1) is 21.8 Å². The normalized spacial score (nSPS) is 17.9. The summed E-state index contributed by atoms with van der Waals surface area (Å²) < 4.78 is 0.873. The van der Waals surface area contributed by atoms with Crippen molar-refractivity contribution in [2.45, 2.75) is 13.0 Å². The van der Waals surface area contributed by atoms with Gasteiger partial charge in [-0.15, -0.1) is 0 Å². The third-order valence-electron chi connectivity index (χ3n) is 5.44. The summed E-state index contributed by atoms with van der Waals surface area (Å²) in [7, 11) is 0. The third-order valence-corrected chi connectivity index (χ3v) is 6.48. The fourth-order valence-corrected chi connectivity index (χ4v) is 4.86. The first-order valence-electron chi connectivity index (χ1n) is 9.96. The molecule has 32 heavy (non-hydrogen) atoms. The second-order valence-corrected chi connectivity index (χ2v) is 8.60. The number of aromatic nitrogens is 1. The molecule has 158 valence electrons. The van der Waals surface area contributed by atoms with Crippen molar-refractivity contribution in [3.8, 4) is 5.75 Å². The minimum absolute atomic E-state index is 0.00674. The van der Waals surface area contributed by atoms with E-state index in [1.54, 1.807) is 24.3 Å². The van der Waals surface area contributed by atoms with Crippen LogP contribution in [0.2, 0.25) is 0 Å². The number of phenols is 1. The van der Waals surface area contributed by atoms with E-state index < -0.39 is 17.7 Å². The number of para-hydroxylation sites is 1. The van der Waals surface area contributed by atoms with Crippen LogP contribution in [0.3, 0.4) is 0 Å². The fourth-order valence-electron chi connectivity index (χ4n) is 3.87. The molecule has 1 aromatic heterocycles. The van der Waals surface area contributed by atoms with Crippen molar-refractivity contribution in [2.75, 3.05) is 4.90 Å². The standard InChI is InChI=1S/C25H18N2O4S/c1-14-9-11-15(12-10-14)22(29)20-21(16-5-4-6-17(28)13-16)27(24(31)23(20)30)25-26-18-7-2-3-8-19(18)32-25/h2-13,21,28-29H,1H3/b22-20+. The van der Waals surface area contributed by atoms with Crippen LogP contribution in [0.4, 0.5) is 5.13 Å². The SMILES string of the molecule is Cc1ccc(/C(O)=C2\C(=O)C(=O)N(c3nc4ccccc4s3)C2c2cccc(O)c2)cc1. The second-order valence-electron chi connectivity index (χ2n) is 7.59. The molecule has 1 amide bonds. The van der Waals surface area contributed by atoms with E-state index in [0.717, 1.165) is 10.3 Å². The van der Waals surface area contributed by atoms with Gasteiger partial charge in [0, 0.05) is 5.56 Å². The number of phenolic OH excluding ortho intramolecular Hbond substituents is 1. The van der Waals surface area contributed by atoms with Gasteiger partial charge in [0.15, 0.2) is 5.13 Å². The van der Waals surface area contributed by atoms with Gasteiger partial charge in [-0.1, -0.05) is 65.4 Å². The maximum Gasteiger partial charge on any atom is 0.301 e. The van der Waals surface area contributed by atoms with E-state index in [4.69, 9.17) is 0 Å². The van der Waals surface area contributed by atoms with Crippen molar-refractivity contribution in [3.63, 3.8) is 0 Å². The number of nitrogens with zero attached hydrogens (tertiary/aromatic N) is 2. The molecule has 5 rings (SSSR count). The third kappa shape index (κ3) is 3.23. The highest BCUT2D eigenvalue weighted by atomic mass is 32.1. The smallest absolute Gasteiger partial charge is 0.301 e. The van der Waals surface area contributed by atoms with Gasteiger partial charge in [-0.3, -0.25) is 14.5 Å². The van der Waals surface area contributed by atoms with E-state index >= 15 is 0 Å². The Balaban J connectivity index is 1.74. The van der Waals surface area contributed by atoms with E-state index in [0.29, 0.717) is 21.8 Å². The minimum Gasteiger partial charge on any atom is -0.508 e. The number of hydrogen-bond donors (Lipinski definition) is 2. The number of anilines is 1. The summed E-state index contributed by atoms with van der Waals surface area (Å²) in [6.07, 6.45) is 0. The van der Waals surface area contributed by atoms with Crippen LogP contribution in [0.1, 0.15) is 22.7 Å². The summed E-state index contributed by atoms with van der Waals surface area (Å²) in [5, 5.41) is 21.5. The summed E-state index contributed by atoms with van der Waals surface area (Å²) in [5.41, 5.74) is 2.60. The van der Waals surface area contributed by atoms with Gasteiger partial charge in [0.25, 0.3) is 5.78 Å². The maximum absolute atomic E-state index is 13.2. The summed E-state index contributed by atoms with van der Waals surface area (Å²) >= 11 is 1.29. The monoisotopic (exact) mass is 442 g/mol. The Morgan fingerprint density at radius 3 is 2.47 bits per heavy atom. The highest BCUT2D eigenvalue weighted by Crippen LogP contribution is 2.44. The quantitative estimate of drug-likeness (QED) is 0.267. The number of aliphatic hydroxyl groups is 1. The average molecular weight is 442 g/mol. The first-order chi connectivity index (χ1) is 15.4. The minimum atomic E-state index is -0.927. The first-order valence-corrected chi connectivity index (χ1v) is 10.8. The molecule has 0 radical (unpaired) electrons. The molecule has 0 bridgehead atoms. The van der Waals surface area contributed by atoms with Crippen molar-refractivity contribution >= 4 is 44.1 Å². The number of aromatic hydroxyl groups is 1. The van der Waals surface area contributed by atoms with E-state index in [-0.39, 0.29) is 17.1 Å². The number of carbonyl (C=O) groups excluding carboxylic acids is 2. The number of Topliss-reactive ketones (excluding diaryl/α,β-unsaturated/α-hetero) is 1. The van der Waals surface area contributed by atoms with Crippen molar-refractivity contribution < 1.29 is 19.8 Å². The van der Waals surface area contributed by atoms with Gasteiger partial charge in [0.2, 0.25) is 0 Å². The Morgan fingerprint density at radius 2 is 1.75 bits per heavy atom. The second kappa shape index (κ2) is 7.62. The molecule has 1 unspecified atom stereocenters. The predicted molar refractivity (Wildman–Crippen MR) is 124 cm³/mol. The zero-order valence-electron chi connectivity index (χ0n) is 17.0. The number of carbonyl (C=O) groups is 2. The number of thiazole rings is 1. The maximum atomic E-state index is 13.2. The zero-order valence-corrected chi connectivity index (χ0v) is 17.8. The highest BCUT2D eigenvalue weighted by Gasteiger charge is 2.48. The van der Waals surface area contributed by atoms with Crippen molar-refractivity contribution in [1.29, 1.82) is 0 Å². The number of aliphatic hydroxyl groups excluding tert-OH is 1. The largest absolute Gasteiger partial charge is 0.508 e. The molecule has 3 aromatic carbocycles. The molecule has 2 heterocycles. The van der Waals surface area contributed by atoms with Gasteiger partial charge in [-0.25, -0.2) is 4.98 Å². The Hall–Kier alpha value is -3.97. The summed E-state index contributed by atoms with van der Waals surface area (Å²) in [6, 6.07) is 19.9. The number of rotatable bonds is 3. The van der Waals surface area contributed by atoms with Gasteiger partial charge < -0.3 is 10.2 Å². The zero-order chi connectivity index (χ0) is 22.4. The van der Waals surface area contributed by atoms with Gasteiger partial charge in [-0.05, 0) is 36.8 Å². The average Bonchev–Trinajstić information content (AvgIpc) is 3.32. The lowest BCUT2D eigenvalue weighted by molar-refractivity contribution is -0.132. The molecule has 2 N–H and O–H groups in total. The Morgan fingerprint density at radius 1 is 1.00 bits per heavy atom. The number of aryl methyl sites for hydroxylation is 1. The molecule has 1 saturated heterocycles. The molecule has 1 atom stereocenters. The molecule has 0 spiro atoms. The Labute approximate surface area is 187 Å². The lowest BCUT2D eigenvalue weighted by Gasteiger charge is -2.23.